The number of hydrogen-bond acceptors (Lipinski definition) is 6. The number of esters is 3. The molecule has 0 fully saturated rings. The number of ether oxygens (including phenoxy) is 3. The van der Waals surface area contributed by atoms with E-state index in [4.69, 9.17) is 14.2 Å². The summed E-state index contributed by atoms with van der Waals surface area (Å²) in [7, 11) is 0. The second-order valence-electron chi connectivity index (χ2n) is 14.3. The van der Waals surface area contributed by atoms with Gasteiger partial charge in [0.05, 0.1) is 6.42 Å². The first kappa shape index (κ1) is 54.6. The lowest BCUT2D eigenvalue weighted by Crippen LogP contribution is -2.30. The summed E-state index contributed by atoms with van der Waals surface area (Å²) in [5.41, 5.74) is 0. The minimum absolute atomic E-state index is 0.113. The average Bonchev–Trinajstić information content (AvgIpc) is 3.23. The molecule has 0 saturated carbocycles. The van der Waals surface area contributed by atoms with Gasteiger partial charge in [-0.2, -0.15) is 0 Å². The first-order valence-electron chi connectivity index (χ1n) is 22.7. The molecule has 0 N–H and O–H groups in total. The predicted molar refractivity (Wildman–Crippen MR) is 251 cm³/mol. The largest absolute Gasteiger partial charge is 0.462 e. The standard InChI is InChI=1S/C53H80O6/c1-4-7-10-13-16-19-21-23-25-26-28-29-31-34-37-40-43-46-52(55)58-49-50(48-57-51(54)45-42-39-36-33-18-15-12-9-6-3)59-53(56)47-44-41-38-35-32-30-27-24-22-20-17-14-11-8-5-2/h8-9,11-12,14,16-20,22-25,27-29,33-34,37,39,42,50H,4-7,10,13,15,21,26,30-32,35-36,38,40-41,43-49H2,1-3H3/b11-8-,12-9-,17-14-,19-16-,22-20-,25-23-,27-24-,29-28-,33-18-,37-34-,42-39-. The summed E-state index contributed by atoms with van der Waals surface area (Å²) < 4.78 is 16.5. The number of carbonyl (C=O) groups excluding carboxylic acids is 3. The third kappa shape index (κ3) is 44.5. The highest BCUT2D eigenvalue weighted by Crippen LogP contribution is 2.11. The molecular weight excluding hydrogens is 733 g/mol. The Morgan fingerprint density at radius 2 is 0.831 bits per heavy atom. The van der Waals surface area contributed by atoms with E-state index < -0.39 is 12.1 Å². The van der Waals surface area contributed by atoms with Gasteiger partial charge in [0.1, 0.15) is 13.2 Å². The van der Waals surface area contributed by atoms with Gasteiger partial charge in [-0.25, -0.2) is 0 Å². The topological polar surface area (TPSA) is 78.9 Å². The number of allylic oxidation sites excluding steroid dienone is 21. The minimum Gasteiger partial charge on any atom is -0.462 e. The molecule has 0 aliphatic carbocycles. The molecule has 0 aliphatic rings. The van der Waals surface area contributed by atoms with Gasteiger partial charge in [-0.1, -0.05) is 187 Å². The van der Waals surface area contributed by atoms with E-state index >= 15 is 0 Å². The molecule has 1 unspecified atom stereocenters. The summed E-state index contributed by atoms with van der Waals surface area (Å²) >= 11 is 0. The second-order valence-corrected chi connectivity index (χ2v) is 14.3. The van der Waals surface area contributed by atoms with Crippen LogP contribution in [0.3, 0.4) is 0 Å². The van der Waals surface area contributed by atoms with Gasteiger partial charge in [-0.15, -0.1) is 0 Å². The van der Waals surface area contributed by atoms with Crippen LogP contribution in [0.2, 0.25) is 0 Å². The van der Waals surface area contributed by atoms with Crippen LogP contribution in [0.1, 0.15) is 162 Å². The van der Waals surface area contributed by atoms with Gasteiger partial charge in [0, 0.05) is 12.8 Å². The molecule has 0 saturated heterocycles. The van der Waals surface area contributed by atoms with E-state index in [1.807, 2.05) is 36.5 Å². The molecule has 0 aliphatic heterocycles. The van der Waals surface area contributed by atoms with Crippen molar-refractivity contribution in [2.24, 2.45) is 0 Å². The lowest BCUT2D eigenvalue weighted by Gasteiger charge is -2.18. The lowest BCUT2D eigenvalue weighted by atomic mass is 10.1. The summed E-state index contributed by atoms with van der Waals surface area (Å²) in [5.74, 6) is -1.17. The van der Waals surface area contributed by atoms with Crippen LogP contribution in [0.15, 0.2) is 134 Å². The minimum atomic E-state index is -0.851. The van der Waals surface area contributed by atoms with Gasteiger partial charge in [0.2, 0.25) is 0 Å². The van der Waals surface area contributed by atoms with Crippen LogP contribution in [-0.2, 0) is 28.6 Å². The third-order valence-electron chi connectivity index (χ3n) is 8.75. The molecule has 0 rings (SSSR count). The molecule has 59 heavy (non-hydrogen) atoms. The Morgan fingerprint density at radius 1 is 0.390 bits per heavy atom. The normalized spacial score (nSPS) is 13.3. The van der Waals surface area contributed by atoms with Crippen molar-refractivity contribution in [3.8, 4) is 0 Å². The molecule has 0 radical (unpaired) electrons. The van der Waals surface area contributed by atoms with Crippen LogP contribution >= 0.6 is 0 Å². The second kappa shape index (κ2) is 46.2. The molecule has 0 aromatic carbocycles. The molecule has 0 amide bonds. The Labute approximate surface area is 360 Å². The first-order valence-corrected chi connectivity index (χ1v) is 22.7. The highest BCUT2D eigenvalue weighted by atomic mass is 16.6. The number of unbranched alkanes of at least 4 members (excludes halogenated alkanes) is 9. The van der Waals surface area contributed by atoms with E-state index in [9.17, 15) is 14.4 Å². The van der Waals surface area contributed by atoms with Crippen LogP contribution in [0.5, 0.6) is 0 Å². The summed E-state index contributed by atoms with van der Waals surface area (Å²) in [6.45, 7) is 6.14. The van der Waals surface area contributed by atoms with Crippen molar-refractivity contribution in [3.63, 3.8) is 0 Å². The first-order chi connectivity index (χ1) is 29.0. The quantitative estimate of drug-likeness (QED) is 0.0203. The highest BCUT2D eigenvalue weighted by molar-refractivity contribution is 5.72. The fourth-order valence-electron chi connectivity index (χ4n) is 5.39. The van der Waals surface area contributed by atoms with Crippen LogP contribution in [0.25, 0.3) is 0 Å². The molecule has 0 aromatic heterocycles. The van der Waals surface area contributed by atoms with Crippen molar-refractivity contribution in [2.45, 2.75) is 168 Å². The zero-order chi connectivity index (χ0) is 43.0. The van der Waals surface area contributed by atoms with E-state index in [1.165, 1.54) is 25.7 Å². The Balaban J connectivity index is 4.59. The Kier molecular flexibility index (Phi) is 42.8. The Bertz CT molecular complexity index is 1350. The molecule has 1 atom stereocenters. The summed E-state index contributed by atoms with van der Waals surface area (Å²) in [6.07, 6.45) is 64.7. The van der Waals surface area contributed by atoms with Gasteiger partial charge < -0.3 is 14.2 Å². The highest BCUT2D eigenvalue weighted by Gasteiger charge is 2.19. The van der Waals surface area contributed by atoms with Crippen molar-refractivity contribution in [2.75, 3.05) is 13.2 Å². The maximum absolute atomic E-state index is 12.7. The van der Waals surface area contributed by atoms with Crippen molar-refractivity contribution in [1.29, 1.82) is 0 Å². The van der Waals surface area contributed by atoms with Gasteiger partial charge in [-0.05, 0) is 89.9 Å². The lowest BCUT2D eigenvalue weighted by molar-refractivity contribution is -0.166. The SMILES string of the molecule is CC\C=C/C=C\C=C/C=C\CCCCCCCC(=O)OC(COC(=O)C/C=C\C/C=C\C/C=C\CC)COC(=O)CCC/C=C\C/C=C\C/C=C\C/C=C\CCCCC. The molecular formula is C53H80O6. The molecule has 0 spiro atoms. The third-order valence-corrected chi connectivity index (χ3v) is 8.75. The maximum atomic E-state index is 12.7. The van der Waals surface area contributed by atoms with E-state index in [1.54, 1.807) is 6.08 Å². The van der Waals surface area contributed by atoms with E-state index in [0.29, 0.717) is 12.8 Å². The van der Waals surface area contributed by atoms with Gasteiger partial charge >= 0.3 is 17.9 Å². The zero-order valence-corrected chi connectivity index (χ0v) is 37.2. The molecule has 0 bridgehead atoms. The van der Waals surface area contributed by atoms with E-state index in [2.05, 4.69) is 112 Å². The number of hydrogen-bond donors (Lipinski definition) is 0. The Morgan fingerprint density at radius 3 is 1.44 bits per heavy atom. The number of carbonyl (C=O) groups is 3. The zero-order valence-electron chi connectivity index (χ0n) is 37.2. The molecule has 328 valence electrons. The monoisotopic (exact) mass is 813 g/mol. The predicted octanol–water partition coefficient (Wildman–Crippen LogP) is 14.7. The maximum Gasteiger partial charge on any atom is 0.309 e. The molecule has 6 nitrogen and oxygen atoms in total. The van der Waals surface area contributed by atoms with Crippen molar-refractivity contribution in [1.82, 2.24) is 0 Å². The number of rotatable bonds is 38. The summed E-state index contributed by atoms with van der Waals surface area (Å²) in [6, 6.07) is 0. The van der Waals surface area contributed by atoms with E-state index in [0.717, 1.165) is 83.5 Å². The average molecular weight is 813 g/mol. The van der Waals surface area contributed by atoms with Gasteiger partial charge in [-0.3, -0.25) is 14.4 Å². The van der Waals surface area contributed by atoms with Gasteiger partial charge in [0.15, 0.2) is 6.10 Å². The van der Waals surface area contributed by atoms with Crippen LogP contribution < -0.4 is 0 Å². The molecule has 6 heteroatoms. The van der Waals surface area contributed by atoms with Crippen LogP contribution in [0.4, 0.5) is 0 Å². The molecule has 0 aromatic rings. The molecule has 0 heterocycles. The van der Waals surface area contributed by atoms with Crippen molar-refractivity contribution < 1.29 is 28.6 Å². The summed E-state index contributed by atoms with van der Waals surface area (Å²) in [5, 5.41) is 0. The van der Waals surface area contributed by atoms with Gasteiger partial charge in [0.25, 0.3) is 0 Å². The van der Waals surface area contributed by atoms with Crippen LogP contribution in [-0.4, -0.2) is 37.2 Å². The van der Waals surface area contributed by atoms with Crippen molar-refractivity contribution in [3.05, 3.63) is 134 Å². The van der Waals surface area contributed by atoms with Crippen molar-refractivity contribution >= 4 is 17.9 Å². The fourth-order valence-corrected chi connectivity index (χ4v) is 5.39. The Hall–Kier alpha value is -4.45. The fraction of sp³-hybridized carbons (Fsp3) is 0.528. The van der Waals surface area contributed by atoms with E-state index in [-0.39, 0.29) is 44.4 Å². The smallest absolute Gasteiger partial charge is 0.309 e. The van der Waals surface area contributed by atoms with Crippen LogP contribution in [0, 0.1) is 0 Å². The summed E-state index contributed by atoms with van der Waals surface area (Å²) in [4.78, 5) is 37.6.